The predicted molar refractivity (Wildman–Crippen MR) is 125 cm³/mol. The number of ether oxygens (including phenoxy) is 2. The molecule has 3 rings (SSSR count). The molecule has 190 valence electrons. The monoisotopic (exact) mass is 493 g/mol. The van der Waals surface area contributed by atoms with Crippen molar-refractivity contribution in [3.8, 4) is 11.5 Å². The highest BCUT2D eigenvalue weighted by atomic mass is 19.2. The molecule has 1 unspecified atom stereocenters. The Bertz CT molecular complexity index is 1060. The lowest BCUT2D eigenvalue weighted by Crippen LogP contribution is -2.43. The van der Waals surface area contributed by atoms with E-state index < -0.39 is 29.0 Å². The summed E-state index contributed by atoms with van der Waals surface area (Å²) in [6, 6.07) is 6.93. The smallest absolute Gasteiger partial charge is 0.238 e. The zero-order valence-corrected chi connectivity index (χ0v) is 20.0. The summed E-state index contributed by atoms with van der Waals surface area (Å²) in [6.07, 6.45) is 0.663. The highest BCUT2D eigenvalue weighted by Gasteiger charge is 2.23. The highest BCUT2D eigenvalue weighted by molar-refractivity contribution is 5.92. The summed E-state index contributed by atoms with van der Waals surface area (Å²) in [7, 11) is 0. The van der Waals surface area contributed by atoms with Crippen LogP contribution in [0.3, 0.4) is 0 Å². The van der Waals surface area contributed by atoms with Crippen molar-refractivity contribution in [3.05, 3.63) is 53.3 Å². The van der Waals surface area contributed by atoms with Crippen LogP contribution in [0.5, 0.6) is 11.5 Å². The van der Waals surface area contributed by atoms with Gasteiger partial charge in [0.25, 0.3) is 0 Å². The van der Waals surface area contributed by atoms with E-state index in [1.165, 1.54) is 0 Å². The first-order chi connectivity index (χ1) is 16.7. The van der Waals surface area contributed by atoms with Gasteiger partial charge < -0.3 is 20.1 Å². The van der Waals surface area contributed by atoms with Crippen LogP contribution < -0.4 is 20.1 Å². The van der Waals surface area contributed by atoms with Gasteiger partial charge in [-0.25, -0.2) is 13.2 Å². The minimum atomic E-state index is -1.66. The number of amides is 2. The third-order valence-corrected chi connectivity index (χ3v) is 5.49. The molecule has 10 heteroatoms. The molecule has 0 bridgehead atoms. The molecule has 2 amide bonds. The number of nitrogens with one attached hydrogen (secondary N) is 2. The Morgan fingerprint density at radius 3 is 2.34 bits per heavy atom. The van der Waals surface area contributed by atoms with E-state index in [1.807, 2.05) is 39.0 Å². The van der Waals surface area contributed by atoms with Crippen LogP contribution in [-0.2, 0) is 9.59 Å². The Hall–Kier alpha value is -3.27. The molecular formula is C25H30F3N3O4. The molecule has 0 fully saturated rings. The number of hydrogen-bond donors (Lipinski definition) is 2. The van der Waals surface area contributed by atoms with Crippen LogP contribution in [0.15, 0.2) is 30.3 Å². The van der Waals surface area contributed by atoms with Crippen molar-refractivity contribution in [2.24, 2.45) is 5.92 Å². The van der Waals surface area contributed by atoms with Crippen LogP contribution in [0.4, 0.5) is 18.9 Å². The second-order valence-corrected chi connectivity index (χ2v) is 8.67. The van der Waals surface area contributed by atoms with Gasteiger partial charge in [0.15, 0.2) is 29.0 Å². The van der Waals surface area contributed by atoms with Crippen LogP contribution in [0.25, 0.3) is 0 Å². The Balaban J connectivity index is 1.64. The van der Waals surface area contributed by atoms with Gasteiger partial charge in [0.2, 0.25) is 11.8 Å². The van der Waals surface area contributed by atoms with Gasteiger partial charge in [-0.2, -0.15) is 0 Å². The zero-order chi connectivity index (χ0) is 25.5. The van der Waals surface area contributed by atoms with E-state index in [-0.39, 0.29) is 31.0 Å². The molecule has 0 radical (unpaired) electrons. The van der Waals surface area contributed by atoms with E-state index in [1.54, 1.807) is 4.90 Å². The van der Waals surface area contributed by atoms with Crippen LogP contribution in [0.1, 0.15) is 38.8 Å². The summed E-state index contributed by atoms with van der Waals surface area (Å²) in [5.41, 5.74) is 0.402. The van der Waals surface area contributed by atoms with Crippen molar-refractivity contribution in [2.75, 3.05) is 38.2 Å². The van der Waals surface area contributed by atoms with Gasteiger partial charge in [-0.1, -0.05) is 26.8 Å². The maximum absolute atomic E-state index is 13.9. The number of carbonyl (C=O) groups excluding carboxylic acids is 2. The second-order valence-electron chi connectivity index (χ2n) is 8.67. The SMILES string of the molecule is CCCN(CC(=O)Nc1ccc(F)c(F)c1F)CC(=O)NC(c1ccc2c(c1)OCCO2)C(C)C. The first-order valence-corrected chi connectivity index (χ1v) is 11.5. The van der Waals surface area contributed by atoms with Gasteiger partial charge in [-0.3, -0.25) is 14.5 Å². The number of rotatable bonds is 10. The number of nitrogens with zero attached hydrogens (tertiary/aromatic N) is 1. The third kappa shape index (κ3) is 6.88. The lowest BCUT2D eigenvalue weighted by atomic mass is 9.95. The topological polar surface area (TPSA) is 79.9 Å². The number of halogens is 3. The minimum Gasteiger partial charge on any atom is -0.486 e. The van der Waals surface area contributed by atoms with E-state index in [4.69, 9.17) is 9.47 Å². The average molecular weight is 494 g/mol. The summed E-state index contributed by atoms with van der Waals surface area (Å²) >= 11 is 0. The van der Waals surface area contributed by atoms with Gasteiger partial charge in [-0.15, -0.1) is 0 Å². The molecule has 0 aliphatic carbocycles. The van der Waals surface area contributed by atoms with Crippen LogP contribution >= 0.6 is 0 Å². The maximum Gasteiger partial charge on any atom is 0.238 e. The van der Waals surface area contributed by atoms with E-state index >= 15 is 0 Å². The molecule has 1 atom stereocenters. The summed E-state index contributed by atoms with van der Waals surface area (Å²) in [4.78, 5) is 26.9. The zero-order valence-electron chi connectivity index (χ0n) is 20.0. The standard InChI is InChI=1S/C25H30F3N3O4/c1-4-9-31(13-21(32)29-18-7-6-17(26)23(27)24(18)28)14-22(33)30-25(15(2)3)16-5-8-19-20(12-16)35-11-10-34-19/h5-8,12,15,25H,4,9-11,13-14H2,1-3H3,(H,29,32)(H,30,33). The number of hydrogen-bond acceptors (Lipinski definition) is 5. The molecule has 2 aromatic rings. The Morgan fingerprint density at radius 1 is 0.971 bits per heavy atom. The Morgan fingerprint density at radius 2 is 1.66 bits per heavy atom. The predicted octanol–water partition coefficient (Wildman–Crippen LogP) is 4.04. The fraction of sp³-hybridized carbons (Fsp3) is 0.440. The molecule has 0 aromatic heterocycles. The molecular weight excluding hydrogens is 463 g/mol. The Kier molecular flexibility index (Phi) is 8.97. The van der Waals surface area contributed by atoms with Crippen molar-refractivity contribution >= 4 is 17.5 Å². The second kappa shape index (κ2) is 11.9. The molecule has 0 spiro atoms. The lowest BCUT2D eigenvalue weighted by Gasteiger charge is -2.27. The number of anilines is 1. The molecule has 35 heavy (non-hydrogen) atoms. The van der Waals surface area contributed by atoms with Gasteiger partial charge in [0, 0.05) is 0 Å². The van der Waals surface area contributed by atoms with E-state index in [0.717, 1.165) is 17.7 Å². The average Bonchev–Trinajstić information content (AvgIpc) is 2.82. The molecule has 0 saturated carbocycles. The number of carbonyl (C=O) groups is 2. The maximum atomic E-state index is 13.9. The highest BCUT2D eigenvalue weighted by Crippen LogP contribution is 2.34. The number of benzene rings is 2. The normalized spacial score (nSPS) is 13.6. The molecule has 2 N–H and O–H groups in total. The van der Waals surface area contributed by atoms with Crippen molar-refractivity contribution in [3.63, 3.8) is 0 Å². The van der Waals surface area contributed by atoms with Crippen LogP contribution in [0.2, 0.25) is 0 Å². The fourth-order valence-corrected chi connectivity index (χ4v) is 3.86. The molecule has 1 aliphatic heterocycles. The minimum absolute atomic E-state index is 0.0702. The van der Waals surface area contributed by atoms with Crippen LogP contribution in [0, 0.1) is 23.4 Å². The quantitative estimate of drug-likeness (QED) is 0.489. The first kappa shape index (κ1) is 26.3. The van der Waals surface area contributed by atoms with Crippen LogP contribution in [-0.4, -0.2) is 49.6 Å². The molecule has 7 nitrogen and oxygen atoms in total. The van der Waals surface area contributed by atoms with Crippen molar-refractivity contribution in [1.29, 1.82) is 0 Å². The summed E-state index contributed by atoms with van der Waals surface area (Å²) in [5, 5.41) is 5.25. The lowest BCUT2D eigenvalue weighted by molar-refractivity contribution is -0.124. The summed E-state index contributed by atoms with van der Waals surface area (Å²) < 4.78 is 51.6. The van der Waals surface area contributed by atoms with E-state index in [0.29, 0.717) is 37.7 Å². The van der Waals surface area contributed by atoms with Crippen molar-refractivity contribution in [2.45, 2.75) is 33.2 Å². The van der Waals surface area contributed by atoms with Gasteiger partial charge in [0.05, 0.1) is 24.8 Å². The fourth-order valence-electron chi connectivity index (χ4n) is 3.86. The van der Waals surface area contributed by atoms with Gasteiger partial charge >= 0.3 is 0 Å². The van der Waals surface area contributed by atoms with Gasteiger partial charge in [-0.05, 0) is 48.7 Å². The molecule has 0 saturated heterocycles. The number of fused-ring (bicyclic) bond motifs is 1. The molecule has 1 aliphatic rings. The molecule has 1 heterocycles. The summed E-state index contributed by atoms with van der Waals surface area (Å²) in [5.74, 6) is -4.07. The Labute approximate surface area is 202 Å². The van der Waals surface area contributed by atoms with E-state index in [9.17, 15) is 22.8 Å². The largest absolute Gasteiger partial charge is 0.486 e. The van der Waals surface area contributed by atoms with Crippen molar-refractivity contribution in [1.82, 2.24) is 10.2 Å². The van der Waals surface area contributed by atoms with E-state index in [2.05, 4.69) is 10.6 Å². The third-order valence-electron chi connectivity index (χ3n) is 5.49. The van der Waals surface area contributed by atoms with Crippen molar-refractivity contribution < 1.29 is 32.2 Å². The molecule has 2 aromatic carbocycles. The summed E-state index contributed by atoms with van der Waals surface area (Å²) in [6.45, 7) is 6.93. The first-order valence-electron chi connectivity index (χ1n) is 11.5. The van der Waals surface area contributed by atoms with Gasteiger partial charge in [0.1, 0.15) is 13.2 Å².